The normalized spacial score (nSPS) is 12.3. The smallest absolute Gasteiger partial charge is 0.306 e. The fourth-order valence-corrected chi connectivity index (χ4v) is 5.57. The van der Waals surface area contributed by atoms with Gasteiger partial charge in [0.15, 0.2) is 0 Å². The minimum absolute atomic E-state index is 0.00258. The minimum Gasteiger partial charge on any atom is -0.462 e. The molecule has 0 spiro atoms. The van der Waals surface area contributed by atoms with E-state index in [2.05, 4.69) is 30.9 Å². The van der Waals surface area contributed by atoms with E-state index in [1.54, 1.807) is 0 Å². The van der Waals surface area contributed by atoms with Crippen LogP contribution in [-0.2, 0) is 28.6 Å². The van der Waals surface area contributed by atoms with Gasteiger partial charge in [-0.1, -0.05) is 115 Å². The second kappa shape index (κ2) is 36.1. The van der Waals surface area contributed by atoms with Gasteiger partial charge in [0, 0.05) is 19.3 Å². The number of esters is 3. The van der Waals surface area contributed by atoms with Gasteiger partial charge in [-0.3, -0.25) is 14.4 Å². The largest absolute Gasteiger partial charge is 0.462 e. The van der Waals surface area contributed by atoms with Crippen LogP contribution in [0.4, 0.5) is 0 Å². The standard InChI is InChI=1S/C41H75NO6/c1-5-7-9-11-21-27-36-46-39(43)32-25-19-15-13-17-23-30-38(48-41(45)34-29-35-42(3)4)31-24-18-14-16-20-26-33-40(44)47-37-28-22-12-10-8-6-2/h21-22,27-28,38H,5-20,23-26,29-37H2,1-4H3. The lowest BCUT2D eigenvalue weighted by molar-refractivity contribution is -0.150. The predicted molar refractivity (Wildman–Crippen MR) is 200 cm³/mol. The molecule has 0 aromatic carbocycles. The summed E-state index contributed by atoms with van der Waals surface area (Å²) in [4.78, 5) is 38.5. The van der Waals surface area contributed by atoms with Crippen molar-refractivity contribution in [3.05, 3.63) is 24.3 Å². The van der Waals surface area contributed by atoms with Crippen LogP contribution in [-0.4, -0.2) is 62.8 Å². The van der Waals surface area contributed by atoms with Crippen molar-refractivity contribution < 1.29 is 28.6 Å². The third-order valence-electron chi connectivity index (χ3n) is 8.56. The second-order valence-electron chi connectivity index (χ2n) is 13.6. The van der Waals surface area contributed by atoms with E-state index < -0.39 is 0 Å². The Balaban J connectivity index is 4.08. The average molecular weight is 678 g/mol. The Kier molecular flexibility index (Phi) is 34.5. The molecule has 0 aromatic heterocycles. The van der Waals surface area contributed by atoms with Crippen molar-refractivity contribution >= 4 is 17.9 Å². The summed E-state index contributed by atoms with van der Waals surface area (Å²) in [5, 5.41) is 0. The van der Waals surface area contributed by atoms with Crippen molar-refractivity contribution in [2.24, 2.45) is 0 Å². The highest BCUT2D eigenvalue weighted by molar-refractivity contribution is 5.70. The first-order chi connectivity index (χ1) is 23.4. The summed E-state index contributed by atoms with van der Waals surface area (Å²) in [7, 11) is 4.05. The first-order valence-electron chi connectivity index (χ1n) is 19.8. The highest BCUT2D eigenvalue weighted by atomic mass is 16.5. The van der Waals surface area contributed by atoms with Crippen molar-refractivity contribution in [1.29, 1.82) is 0 Å². The van der Waals surface area contributed by atoms with Crippen molar-refractivity contribution in [3.63, 3.8) is 0 Å². The summed E-state index contributed by atoms with van der Waals surface area (Å²) in [6.45, 7) is 6.07. The highest BCUT2D eigenvalue weighted by Gasteiger charge is 2.14. The molecule has 0 fully saturated rings. The molecule has 0 aromatic rings. The molecule has 0 radical (unpaired) electrons. The number of carbonyl (C=O) groups excluding carboxylic acids is 3. The molecule has 0 aliphatic rings. The van der Waals surface area contributed by atoms with E-state index >= 15 is 0 Å². The van der Waals surface area contributed by atoms with Gasteiger partial charge in [0.25, 0.3) is 0 Å². The zero-order valence-electron chi connectivity index (χ0n) is 31.8. The van der Waals surface area contributed by atoms with Gasteiger partial charge in [-0.15, -0.1) is 0 Å². The zero-order valence-corrected chi connectivity index (χ0v) is 31.8. The zero-order chi connectivity index (χ0) is 35.3. The highest BCUT2D eigenvalue weighted by Crippen LogP contribution is 2.18. The fourth-order valence-electron chi connectivity index (χ4n) is 5.57. The Morgan fingerprint density at radius 2 is 0.917 bits per heavy atom. The molecule has 7 heteroatoms. The van der Waals surface area contributed by atoms with Gasteiger partial charge in [-0.25, -0.2) is 0 Å². The average Bonchev–Trinajstić information content (AvgIpc) is 3.05. The molecule has 0 atom stereocenters. The molecule has 48 heavy (non-hydrogen) atoms. The summed E-state index contributed by atoms with van der Waals surface area (Å²) in [5.74, 6) is -0.264. The van der Waals surface area contributed by atoms with Crippen LogP contribution < -0.4 is 0 Å². The van der Waals surface area contributed by atoms with Crippen LogP contribution in [0.25, 0.3) is 0 Å². The lowest BCUT2D eigenvalue weighted by Crippen LogP contribution is -2.20. The van der Waals surface area contributed by atoms with Crippen LogP contribution >= 0.6 is 0 Å². The lowest BCUT2D eigenvalue weighted by atomic mass is 10.0. The number of hydrogen-bond donors (Lipinski definition) is 0. The molecule has 280 valence electrons. The Bertz CT molecular complexity index is 757. The fraction of sp³-hybridized carbons (Fsp3) is 0.829. The predicted octanol–water partition coefficient (Wildman–Crippen LogP) is 10.8. The third-order valence-corrected chi connectivity index (χ3v) is 8.56. The monoisotopic (exact) mass is 678 g/mol. The molecule has 0 aliphatic carbocycles. The summed E-state index contributed by atoms with van der Waals surface area (Å²) in [5.41, 5.74) is 0. The van der Waals surface area contributed by atoms with Crippen LogP contribution in [0.5, 0.6) is 0 Å². The summed E-state index contributed by atoms with van der Waals surface area (Å²) in [6.07, 6.45) is 34.5. The molecule has 0 heterocycles. The molecule has 0 unspecified atom stereocenters. The molecule has 0 amide bonds. The summed E-state index contributed by atoms with van der Waals surface area (Å²) >= 11 is 0. The molecule has 0 rings (SSSR count). The molecular weight excluding hydrogens is 602 g/mol. The number of nitrogens with zero attached hydrogens (tertiary/aromatic N) is 1. The molecule has 0 aliphatic heterocycles. The summed E-state index contributed by atoms with van der Waals surface area (Å²) < 4.78 is 16.5. The SMILES string of the molecule is CCCCCC=CCOC(=O)CCCCCCCCC(CCCCCCCCC(=O)OCC=CCCCCC)OC(=O)CCCN(C)C. The van der Waals surface area contributed by atoms with E-state index in [-0.39, 0.29) is 24.0 Å². The van der Waals surface area contributed by atoms with Gasteiger partial charge in [0.05, 0.1) is 0 Å². The third kappa shape index (κ3) is 35.2. The van der Waals surface area contributed by atoms with E-state index in [1.165, 1.54) is 38.5 Å². The van der Waals surface area contributed by atoms with Crippen LogP contribution in [0, 0.1) is 0 Å². The Hall–Kier alpha value is -2.15. The number of hydrogen-bond acceptors (Lipinski definition) is 7. The van der Waals surface area contributed by atoms with Crippen molar-refractivity contribution in [3.8, 4) is 0 Å². The molecule has 0 N–H and O–H groups in total. The van der Waals surface area contributed by atoms with Crippen molar-refractivity contribution in [2.75, 3.05) is 33.9 Å². The van der Waals surface area contributed by atoms with E-state index in [9.17, 15) is 14.4 Å². The van der Waals surface area contributed by atoms with E-state index in [1.807, 2.05) is 26.2 Å². The topological polar surface area (TPSA) is 82.1 Å². The van der Waals surface area contributed by atoms with Gasteiger partial charge >= 0.3 is 17.9 Å². The van der Waals surface area contributed by atoms with E-state index in [4.69, 9.17) is 14.2 Å². The minimum atomic E-state index is -0.0971. The molecule has 0 saturated carbocycles. The van der Waals surface area contributed by atoms with Gasteiger partial charge in [0.1, 0.15) is 19.3 Å². The van der Waals surface area contributed by atoms with Gasteiger partial charge in [-0.05, 0) is 91.3 Å². The number of rotatable bonds is 35. The van der Waals surface area contributed by atoms with Crippen LogP contribution in [0.3, 0.4) is 0 Å². The van der Waals surface area contributed by atoms with E-state index in [0.29, 0.717) is 32.5 Å². The quantitative estimate of drug-likeness (QED) is 0.0286. The van der Waals surface area contributed by atoms with Gasteiger partial charge in [0.2, 0.25) is 0 Å². The van der Waals surface area contributed by atoms with Crippen LogP contribution in [0.1, 0.15) is 181 Å². The maximum absolute atomic E-state index is 12.5. The van der Waals surface area contributed by atoms with Gasteiger partial charge < -0.3 is 19.1 Å². The molecule has 0 saturated heterocycles. The maximum atomic E-state index is 12.5. The first-order valence-corrected chi connectivity index (χ1v) is 19.8. The van der Waals surface area contributed by atoms with E-state index in [0.717, 1.165) is 116 Å². The molecular formula is C41H75NO6. The Morgan fingerprint density at radius 1 is 0.500 bits per heavy atom. The van der Waals surface area contributed by atoms with Crippen LogP contribution in [0.2, 0.25) is 0 Å². The number of unbranched alkanes of at least 4 members (excludes halogenated alkanes) is 16. The first kappa shape index (κ1) is 45.9. The molecule has 7 nitrogen and oxygen atoms in total. The van der Waals surface area contributed by atoms with Crippen molar-refractivity contribution in [2.45, 2.75) is 187 Å². The maximum Gasteiger partial charge on any atom is 0.306 e. The van der Waals surface area contributed by atoms with Crippen LogP contribution in [0.15, 0.2) is 24.3 Å². The van der Waals surface area contributed by atoms with Gasteiger partial charge in [-0.2, -0.15) is 0 Å². The Labute approximate surface area is 296 Å². The molecule has 0 bridgehead atoms. The number of ether oxygens (including phenoxy) is 3. The number of carbonyl (C=O) groups is 3. The lowest BCUT2D eigenvalue weighted by Gasteiger charge is -2.18. The Morgan fingerprint density at radius 3 is 1.35 bits per heavy atom. The van der Waals surface area contributed by atoms with Crippen molar-refractivity contribution in [1.82, 2.24) is 4.90 Å². The number of allylic oxidation sites excluding steroid dienone is 2. The second-order valence-corrected chi connectivity index (χ2v) is 13.6. The summed E-state index contributed by atoms with van der Waals surface area (Å²) in [6, 6.07) is 0.